The molecule has 0 fully saturated rings. The number of amides is 3. The first-order valence-electron chi connectivity index (χ1n) is 9.44. The third-order valence-corrected chi connectivity index (χ3v) is 4.56. The van der Waals surface area contributed by atoms with Crippen LogP contribution in [0, 0.1) is 5.82 Å². The summed E-state index contributed by atoms with van der Waals surface area (Å²) in [6, 6.07) is 14.0. The Bertz CT molecular complexity index is 947. The number of primary amides is 1. The lowest BCUT2D eigenvalue weighted by atomic mass is 10.1. The molecular weight excluding hydrogens is 389 g/mol. The second kappa shape index (κ2) is 9.64. The molecule has 8 nitrogen and oxygen atoms in total. The number of benzene rings is 2. The van der Waals surface area contributed by atoms with Gasteiger partial charge in [-0.1, -0.05) is 30.3 Å². The maximum atomic E-state index is 13.1. The standard InChI is InChI=1S/C21H22FN5O3/c22-15-6-8-16(9-7-15)27-18(20(23)29)12-17(26-27)21(30)24-11-10-19(28)25-13-14-4-2-1-3-5-14/h1-9,18H,10-13H2,(H2,23,29)(H,24,30)(H,25,28). The van der Waals surface area contributed by atoms with E-state index >= 15 is 0 Å². The van der Waals surface area contributed by atoms with Crippen molar-refractivity contribution in [3.05, 3.63) is 66.0 Å². The van der Waals surface area contributed by atoms with Crippen LogP contribution < -0.4 is 21.4 Å². The number of nitrogens with zero attached hydrogens (tertiary/aromatic N) is 2. The molecule has 0 saturated carbocycles. The van der Waals surface area contributed by atoms with E-state index in [0.717, 1.165) is 5.56 Å². The minimum absolute atomic E-state index is 0.0265. The molecule has 0 saturated heterocycles. The Morgan fingerprint density at radius 1 is 1.07 bits per heavy atom. The molecule has 30 heavy (non-hydrogen) atoms. The lowest BCUT2D eigenvalue weighted by Crippen LogP contribution is -2.40. The number of nitrogens with one attached hydrogen (secondary N) is 2. The van der Waals surface area contributed by atoms with Crippen LogP contribution in [0.15, 0.2) is 59.7 Å². The van der Waals surface area contributed by atoms with Crippen LogP contribution in [0.2, 0.25) is 0 Å². The highest BCUT2D eigenvalue weighted by molar-refractivity contribution is 6.40. The van der Waals surface area contributed by atoms with E-state index in [1.54, 1.807) is 0 Å². The zero-order valence-electron chi connectivity index (χ0n) is 16.2. The summed E-state index contributed by atoms with van der Waals surface area (Å²) in [6.45, 7) is 0.531. The van der Waals surface area contributed by atoms with E-state index in [4.69, 9.17) is 5.73 Å². The number of anilines is 1. The van der Waals surface area contributed by atoms with Crippen LogP contribution in [0.4, 0.5) is 10.1 Å². The van der Waals surface area contributed by atoms with Gasteiger partial charge in [-0.3, -0.25) is 19.4 Å². The van der Waals surface area contributed by atoms with E-state index in [1.807, 2.05) is 30.3 Å². The summed E-state index contributed by atoms with van der Waals surface area (Å²) < 4.78 is 13.1. The van der Waals surface area contributed by atoms with Gasteiger partial charge >= 0.3 is 0 Å². The minimum atomic E-state index is -0.842. The van der Waals surface area contributed by atoms with Crippen LogP contribution in [0.1, 0.15) is 18.4 Å². The fourth-order valence-corrected chi connectivity index (χ4v) is 2.98. The fraction of sp³-hybridized carbons (Fsp3) is 0.238. The number of hydrogen-bond acceptors (Lipinski definition) is 5. The zero-order chi connectivity index (χ0) is 21.5. The number of rotatable bonds is 8. The molecule has 1 aliphatic heterocycles. The Labute approximate surface area is 172 Å². The first-order valence-corrected chi connectivity index (χ1v) is 9.44. The van der Waals surface area contributed by atoms with Gasteiger partial charge in [0.2, 0.25) is 11.8 Å². The number of halogens is 1. The Morgan fingerprint density at radius 2 is 1.77 bits per heavy atom. The number of hydrazone groups is 1. The zero-order valence-corrected chi connectivity index (χ0v) is 16.2. The molecule has 0 radical (unpaired) electrons. The van der Waals surface area contributed by atoms with Crippen molar-refractivity contribution >= 4 is 29.1 Å². The maximum Gasteiger partial charge on any atom is 0.267 e. The van der Waals surface area contributed by atoms with Crippen molar-refractivity contribution in [2.45, 2.75) is 25.4 Å². The first-order chi connectivity index (χ1) is 14.4. The summed E-state index contributed by atoms with van der Waals surface area (Å²) in [5, 5.41) is 10.9. The van der Waals surface area contributed by atoms with E-state index in [2.05, 4.69) is 15.7 Å². The fourth-order valence-electron chi connectivity index (χ4n) is 2.98. The van der Waals surface area contributed by atoms with Gasteiger partial charge in [0.15, 0.2) is 0 Å². The van der Waals surface area contributed by atoms with Crippen molar-refractivity contribution in [2.24, 2.45) is 10.8 Å². The van der Waals surface area contributed by atoms with E-state index in [1.165, 1.54) is 29.3 Å². The predicted molar refractivity (Wildman–Crippen MR) is 110 cm³/mol. The lowest BCUT2D eigenvalue weighted by Gasteiger charge is -2.20. The summed E-state index contributed by atoms with van der Waals surface area (Å²) in [6.07, 6.45) is 0.130. The largest absolute Gasteiger partial charge is 0.368 e. The van der Waals surface area contributed by atoms with E-state index in [0.29, 0.717) is 12.2 Å². The number of carbonyl (C=O) groups excluding carboxylic acids is 3. The summed E-state index contributed by atoms with van der Waals surface area (Å²) in [7, 11) is 0. The molecule has 0 spiro atoms. The highest BCUT2D eigenvalue weighted by Gasteiger charge is 2.34. The molecule has 4 N–H and O–H groups in total. The van der Waals surface area contributed by atoms with Crippen molar-refractivity contribution < 1.29 is 18.8 Å². The molecule has 1 heterocycles. The quantitative estimate of drug-likeness (QED) is 0.602. The van der Waals surface area contributed by atoms with Gasteiger partial charge in [0.05, 0.1) is 5.69 Å². The molecule has 156 valence electrons. The number of nitrogens with two attached hydrogens (primary N) is 1. The van der Waals surface area contributed by atoms with Crippen LogP contribution >= 0.6 is 0 Å². The summed E-state index contributed by atoms with van der Waals surface area (Å²) in [4.78, 5) is 36.1. The van der Waals surface area contributed by atoms with E-state index in [9.17, 15) is 18.8 Å². The Morgan fingerprint density at radius 3 is 2.43 bits per heavy atom. The second-order valence-corrected chi connectivity index (χ2v) is 6.76. The highest BCUT2D eigenvalue weighted by atomic mass is 19.1. The topological polar surface area (TPSA) is 117 Å². The molecule has 1 atom stereocenters. The highest BCUT2D eigenvalue weighted by Crippen LogP contribution is 2.24. The normalized spacial score (nSPS) is 15.4. The van der Waals surface area contributed by atoms with Gasteiger partial charge in [0.1, 0.15) is 17.6 Å². The van der Waals surface area contributed by atoms with Gasteiger partial charge in [-0.2, -0.15) is 5.10 Å². The second-order valence-electron chi connectivity index (χ2n) is 6.76. The van der Waals surface area contributed by atoms with Crippen molar-refractivity contribution in [3.8, 4) is 0 Å². The maximum absolute atomic E-state index is 13.1. The Kier molecular flexibility index (Phi) is 6.74. The van der Waals surface area contributed by atoms with Gasteiger partial charge in [-0.25, -0.2) is 4.39 Å². The smallest absolute Gasteiger partial charge is 0.267 e. The van der Waals surface area contributed by atoms with Crippen LogP contribution in [-0.2, 0) is 20.9 Å². The van der Waals surface area contributed by atoms with Crippen LogP contribution in [0.3, 0.4) is 0 Å². The van der Waals surface area contributed by atoms with Crippen LogP contribution in [0.5, 0.6) is 0 Å². The first kappa shape index (κ1) is 21.0. The average Bonchev–Trinajstić information content (AvgIpc) is 3.19. The van der Waals surface area contributed by atoms with Crippen molar-refractivity contribution in [1.29, 1.82) is 0 Å². The molecule has 9 heteroatoms. The molecule has 2 aromatic carbocycles. The number of hydrogen-bond donors (Lipinski definition) is 3. The van der Waals surface area contributed by atoms with Gasteiger partial charge in [0.25, 0.3) is 5.91 Å². The molecule has 0 bridgehead atoms. The third kappa shape index (κ3) is 5.40. The van der Waals surface area contributed by atoms with E-state index < -0.39 is 23.7 Å². The summed E-state index contributed by atoms with van der Waals surface area (Å²) >= 11 is 0. The molecule has 1 unspecified atom stereocenters. The van der Waals surface area contributed by atoms with E-state index in [-0.39, 0.29) is 31.0 Å². The summed E-state index contributed by atoms with van der Waals surface area (Å²) in [5.74, 6) is -1.76. The van der Waals surface area contributed by atoms with Crippen LogP contribution in [0.25, 0.3) is 0 Å². The van der Waals surface area contributed by atoms with Crippen molar-refractivity contribution in [3.63, 3.8) is 0 Å². The molecular formula is C21H22FN5O3. The van der Waals surface area contributed by atoms with Gasteiger partial charge in [0, 0.05) is 25.9 Å². The molecule has 0 aromatic heterocycles. The van der Waals surface area contributed by atoms with Crippen LogP contribution in [-0.4, -0.2) is 36.0 Å². The van der Waals surface area contributed by atoms with Crippen molar-refractivity contribution in [1.82, 2.24) is 10.6 Å². The lowest BCUT2D eigenvalue weighted by molar-refractivity contribution is -0.121. The molecule has 2 aromatic rings. The van der Waals surface area contributed by atoms with Gasteiger partial charge in [-0.15, -0.1) is 0 Å². The Hall–Kier alpha value is -3.75. The van der Waals surface area contributed by atoms with Gasteiger partial charge in [-0.05, 0) is 29.8 Å². The third-order valence-electron chi connectivity index (χ3n) is 4.56. The number of carbonyl (C=O) groups is 3. The predicted octanol–water partition coefficient (Wildman–Crippen LogP) is 1.07. The molecule has 0 aliphatic carbocycles. The van der Waals surface area contributed by atoms with Crippen molar-refractivity contribution in [2.75, 3.05) is 11.6 Å². The van der Waals surface area contributed by atoms with Gasteiger partial charge < -0.3 is 16.4 Å². The molecule has 1 aliphatic rings. The SMILES string of the molecule is NC(=O)C1CC(C(=O)NCCC(=O)NCc2ccccc2)=NN1c1ccc(F)cc1. The Balaban J connectivity index is 1.51. The monoisotopic (exact) mass is 411 g/mol. The average molecular weight is 411 g/mol. The minimum Gasteiger partial charge on any atom is -0.368 e. The summed E-state index contributed by atoms with van der Waals surface area (Å²) in [5.41, 5.74) is 6.97. The molecule has 3 amide bonds. The molecule has 3 rings (SSSR count).